The van der Waals surface area contributed by atoms with Gasteiger partial charge in [0.15, 0.2) is 5.82 Å². The lowest BCUT2D eigenvalue weighted by atomic mass is 9.66. The molecule has 0 heterocycles. The molecule has 0 amide bonds. The van der Waals surface area contributed by atoms with Gasteiger partial charge in [-0.15, -0.1) is 0 Å². The summed E-state index contributed by atoms with van der Waals surface area (Å²) in [6, 6.07) is 6.93. The zero-order valence-electron chi connectivity index (χ0n) is 12.4. The Morgan fingerprint density at radius 1 is 1.23 bits per heavy atom. The fraction of sp³-hybridized carbons (Fsp3) is 0.389. The Morgan fingerprint density at radius 3 is 2.77 bits per heavy atom. The summed E-state index contributed by atoms with van der Waals surface area (Å²) in [6.07, 6.45) is 3.13. The maximum absolute atomic E-state index is 14.3. The summed E-state index contributed by atoms with van der Waals surface area (Å²) in [6.45, 7) is 2.07. The quantitative estimate of drug-likeness (QED) is 0.633. The van der Waals surface area contributed by atoms with E-state index in [0.717, 1.165) is 30.2 Å². The molecule has 0 aliphatic heterocycles. The van der Waals surface area contributed by atoms with Crippen molar-refractivity contribution in [2.45, 2.75) is 38.5 Å². The van der Waals surface area contributed by atoms with E-state index in [1.807, 2.05) is 6.07 Å². The number of carbonyl (C=O) groups is 1. The minimum atomic E-state index is -0.543. The highest BCUT2D eigenvalue weighted by atomic mass is 19.1. The molecule has 0 unspecified atom stereocenters. The number of ketones is 1. The number of halogens is 1. The van der Waals surface area contributed by atoms with Crippen molar-refractivity contribution in [1.82, 2.24) is 0 Å². The van der Waals surface area contributed by atoms with Gasteiger partial charge >= 0.3 is 0 Å². The molecule has 22 heavy (non-hydrogen) atoms. The van der Waals surface area contributed by atoms with Crippen LogP contribution >= 0.6 is 0 Å². The maximum atomic E-state index is 14.3. The standard InChI is InChI=1S/C18H17FO3/c1-18-9-8-11-10-4-6-15(22-21)17(19)13(10)3-2-12(11)14(18)5-7-16(18)20/h2-4,6,14,21H,5,7-9H2,1H3/t14-,18-/m0/s1. The Morgan fingerprint density at radius 2 is 2.00 bits per heavy atom. The first-order valence-electron chi connectivity index (χ1n) is 7.65. The van der Waals surface area contributed by atoms with Gasteiger partial charge in [-0.3, -0.25) is 4.79 Å². The molecule has 0 radical (unpaired) electrons. The van der Waals surface area contributed by atoms with Crippen molar-refractivity contribution >= 4 is 16.6 Å². The fourth-order valence-electron chi connectivity index (χ4n) is 4.38. The largest absolute Gasteiger partial charge is 0.337 e. The van der Waals surface area contributed by atoms with Crippen LogP contribution in [0.4, 0.5) is 4.39 Å². The highest BCUT2D eigenvalue weighted by molar-refractivity contribution is 5.92. The Hall–Kier alpha value is -1.94. The van der Waals surface area contributed by atoms with Gasteiger partial charge in [0.1, 0.15) is 5.78 Å². The van der Waals surface area contributed by atoms with Gasteiger partial charge in [0, 0.05) is 17.2 Å². The molecule has 1 saturated carbocycles. The van der Waals surface area contributed by atoms with Gasteiger partial charge < -0.3 is 4.89 Å². The molecule has 4 heteroatoms. The second-order valence-corrected chi connectivity index (χ2v) is 6.63. The molecule has 2 atom stereocenters. The van der Waals surface area contributed by atoms with Gasteiger partial charge in [-0.25, -0.2) is 9.65 Å². The van der Waals surface area contributed by atoms with Crippen LogP contribution in [0.2, 0.25) is 0 Å². The summed E-state index contributed by atoms with van der Waals surface area (Å²) in [7, 11) is 0. The molecule has 0 spiro atoms. The zero-order valence-corrected chi connectivity index (χ0v) is 12.4. The van der Waals surface area contributed by atoms with Gasteiger partial charge in [-0.05, 0) is 47.8 Å². The van der Waals surface area contributed by atoms with E-state index in [2.05, 4.69) is 11.8 Å². The van der Waals surface area contributed by atoms with Gasteiger partial charge in [0.25, 0.3) is 0 Å². The molecule has 2 aliphatic rings. The molecule has 4 rings (SSSR count). The zero-order chi connectivity index (χ0) is 15.5. The average molecular weight is 300 g/mol. The van der Waals surface area contributed by atoms with E-state index in [1.165, 1.54) is 11.6 Å². The molecular formula is C18H17FO3. The van der Waals surface area contributed by atoms with Crippen molar-refractivity contribution in [3.8, 4) is 5.75 Å². The Kier molecular flexibility index (Phi) is 2.82. The normalized spacial score (nSPS) is 26.9. The highest BCUT2D eigenvalue weighted by Gasteiger charge is 2.49. The molecule has 2 aromatic rings. The minimum absolute atomic E-state index is 0.163. The first kappa shape index (κ1) is 13.7. The number of Topliss-reactive ketones (excluding diaryl/α,β-unsaturated/α-hetero) is 1. The lowest BCUT2D eigenvalue weighted by Crippen LogP contribution is -2.32. The van der Waals surface area contributed by atoms with Crippen molar-refractivity contribution in [2.24, 2.45) is 5.41 Å². The summed E-state index contributed by atoms with van der Waals surface area (Å²) in [5, 5.41) is 10.0. The van der Waals surface area contributed by atoms with Crippen LogP contribution in [0.3, 0.4) is 0 Å². The molecule has 0 aromatic heterocycles. The van der Waals surface area contributed by atoms with E-state index in [4.69, 9.17) is 5.26 Å². The summed E-state index contributed by atoms with van der Waals surface area (Å²) in [5.74, 6) is -0.105. The highest BCUT2D eigenvalue weighted by Crippen LogP contribution is 2.54. The van der Waals surface area contributed by atoms with Crippen LogP contribution in [0.1, 0.15) is 43.2 Å². The van der Waals surface area contributed by atoms with Crippen molar-refractivity contribution in [3.63, 3.8) is 0 Å². The van der Waals surface area contributed by atoms with E-state index >= 15 is 0 Å². The summed E-state index contributed by atoms with van der Waals surface area (Å²) >= 11 is 0. The van der Waals surface area contributed by atoms with Crippen molar-refractivity contribution in [2.75, 3.05) is 0 Å². The van der Waals surface area contributed by atoms with E-state index in [0.29, 0.717) is 17.6 Å². The lowest BCUT2D eigenvalue weighted by molar-refractivity contribution is -0.140. The number of benzene rings is 2. The topological polar surface area (TPSA) is 46.5 Å². The molecular weight excluding hydrogens is 283 g/mol. The number of hydrogen-bond acceptors (Lipinski definition) is 3. The average Bonchev–Trinajstić information content (AvgIpc) is 2.83. The second kappa shape index (κ2) is 4.53. The van der Waals surface area contributed by atoms with Crippen LogP contribution < -0.4 is 4.89 Å². The van der Waals surface area contributed by atoms with E-state index < -0.39 is 5.82 Å². The third-order valence-electron chi connectivity index (χ3n) is 5.68. The number of carbonyl (C=O) groups excluding carboxylic acids is 1. The molecule has 2 aromatic carbocycles. The van der Waals surface area contributed by atoms with E-state index in [9.17, 15) is 9.18 Å². The van der Waals surface area contributed by atoms with Gasteiger partial charge in [0.2, 0.25) is 5.75 Å². The first-order chi connectivity index (χ1) is 10.6. The van der Waals surface area contributed by atoms with Crippen molar-refractivity contribution < 1.29 is 19.3 Å². The summed E-state index contributed by atoms with van der Waals surface area (Å²) in [5.41, 5.74) is 2.06. The van der Waals surface area contributed by atoms with Crippen LogP contribution in [0.15, 0.2) is 24.3 Å². The molecule has 3 nitrogen and oxygen atoms in total. The number of hydrogen-bond donors (Lipinski definition) is 1. The minimum Gasteiger partial charge on any atom is -0.337 e. The van der Waals surface area contributed by atoms with Gasteiger partial charge in [-0.1, -0.05) is 25.1 Å². The molecule has 0 saturated heterocycles. The summed E-state index contributed by atoms with van der Waals surface area (Å²) in [4.78, 5) is 16.3. The van der Waals surface area contributed by atoms with Crippen LogP contribution in [0.25, 0.3) is 10.8 Å². The number of fused-ring (bicyclic) bond motifs is 5. The molecule has 0 bridgehead atoms. The Labute approximate surface area is 127 Å². The van der Waals surface area contributed by atoms with Crippen LogP contribution in [-0.2, 0) is 11.2 Å². The molecule has 1 fully saturated rings. The van der Waals surface area contributed by atoms with Crippen molar-refractivity contribution in [1.29, 1.82) is 0 Å². The van der Waals surface area contributed by atoms with Gasteiger partial charge in [0.05, 0.1) is 0 Å². The smallest absolute Gasteiger partial charge is 0.201 e. The van der Waals surface area contributed by atoms with E-state index in [-0.39, 0.29) is 17.1 Å². The SMILES string of the molecule is C[C@]12CCc3c(ccc4c(F)c(OO)ccc34)[C@@H]1CCC2=O. The van der Waals surface area contributed by atoms with Crippen molar-refractivity contribution in [3.05, 3.63) is 41.2 Å². The third-order valence-corrected chi connectivity index (χ3v) is 5.68. The van der Waals surface area contributed by atoms with Crippen LogP contribution in [-0.4, -0.2) is 11.0 Å². The van der Waals surface area contributed by atoms with E-state index in [1.54, 1.807) is 12.1 Å². The van der Waals surface area contributed by atoms with Crippen LogP contribution in [0, 0.1) is 11.2 Å². The predicted molar refractivity (Wildman–Crippen MR) is 80.6 cm³/mol. The van der Waals surface area contributed by atoms with Crippen LogP contribution in [0.5, 0.6) is 5.75 Å². The second-order valence-electron chi connectivity index (χ2n) is 6.63. The lowest BCUT2D eigenvalue weighted by Gasteiger charge is -2.37. The Balaban J connectivity index is 1.94. The summed E-state index contributed by atoms with van der Waals surface area (Å²) < 4.78 is 14.3. The predicted octanol–water partition coefficient (Wildman–Crippen LogP) is 4.23. The molecule has 2 aliphatic carbocycles. The maximum Gasteiger partial charge on any atom is 0.201 e. The monoisotopic (exact) mass is 300 g/mol. The first-order valence-corrected chi connectivity index (χ1v) is 7.65. The van der Waals surface area contributed by atoms with Gasteiger partial charge in [-0.2, -0.15) is 0 Å². The third kappa shape index (κ3) is 1.61. The fourth-order valence-corrected chi connectivity index (χ4v) is 4.38. The molecule has 114 valence electrons. The number of rotatable bonds is 1. The molecule has 1 N–H and O–H groups in total. The number of aryl methyl sites for hydroxylation is 1. The Bertz CT molecular complexity index is 799.